The van der Waals surface area contributed by atoms with Crippen LogP contribution in [0.1, 0.15) is 0 Å². The van der Waals surface area contributed by atoms with E-state index in [0.29, 0.717) is 0 Å². The Morgan fingerprint density at radius 2 is 1.14 bits per heavy atom. The van der Waals surface area contributed by atoms with Crippen molar-refractivity contribution in [2.75, 3.05) is 0 Å². The molecule has 0 aromatic heterocycles. The summed E-state index contributed by atoms with van der Waals surface area (Å²) in [7, 11) is -10.9. The second-order valence-electron chi connectivity index (χ2n) is 3.81. The summed E-state index contributed by atoms with van der Waals surface area (Å²) in [5.74, 6) is -2.46. The topological polar surface area (TPSA) is 155 Å². The number of rotatable bonds is 2. The van der Waals surface area contributed by atoms with Crippen LogP contribution < -0.4 is 59.1 Å². The van der Waals surface area contributed by atoms with Crippen molar-refractivity contribution in [2.45, 2.75) is 9.79 Å². The van der Waals surface area contributed by atoms with Gasteiger partial charge in [-0.3, -0.25) is 0 Å². The van der Waals surface area contributed by atoms with Gasteiger partial charge in [0, 0.05) is 10.8 Å². The van der Waals surface area contributed by atoms with Crippen LogP contribution in [-0.4, -0.2) is 36.2 Å². The Morgan fingerprint density at radius 1 is 0.727 bits per heavy atom. The zero-order valence-electron chi connectivity index (χ0n) is 11.5. The molecule has 2 aromatic rings. The van der Waals surface area contributed by atoms with E-state index in [1.165, 1.54) is 12.1 Å². The fourth-order valence-electron chi connectivity index (χ4n) is 1.83. The summed E-state index contributed by atoms with van der Waals surface area (Å²) in [6.45, 7) is 0. The van der Waals surface area contributed by atoms with Crippen LogP contribution >= 0.6 is 0 Å². The summed E-state index contributed by atoms with van der Waals surface area (Å²) >= 11 is 0. The van der Waals surface area contributed by atoms with Gasteiger partial charge >= 0.3 is 59.1 Å². The van der Waals surface area contributed by atoms with Gasteiger partial charge in [0.25, 0.3) is 0 Å². The molecular formula is C10H6Na2O8S2. The third-order valence-corrected chi connectivity index (χ3v) is 4.52. The normalized spacial score (nSPS) is 11.5. The number of phenols is 2. The van der Waals surface area contributed by atoms with Crippen LogP contribution in [0, 0.1) is 0 Å². The third-order valence-electron chi connectivity index (χ3n) is 2.57. The predicted molar refractivity (Wildman–Crippen MR) is 63.2 cm³/mol. The molecule has 0 saturated heterocycles. The van der Waals surface area contributed by atoms with E-state index < -0.39 is 46.9 Å². The van der Waals surface area contributed by atoms with Gasteiger partial charge in [0.1, 0.15) is 25.1 Å². The fourth-order valence-corrected chi connectivity index (χ4v) is 3.89. The molecule has 0 radical (unpaired) electrons. The van der Waals surface area contributed by atoms with E-state index in [4.69, 9.17) is 0 Å². The molecule has 0 aliphatic rings. The Morgan fingerprint density at radius 3 is 1.55 bits per heavy atom. The standard InChI is InChI=1S/C10H8O8S2.2Na/c11-7-5-3-1-2-4-6(5)9(19(13,14)15)10(8(7)12)20(16,17)18;;/h1-4,11-12H,(H,13,14,15)(H,16,17,18);;/q;2*+1/p-2. The Labute approximate surface area is 170 Å². The first-order valence-electron chi connectivity index (χ1n) is 4.93. The van der Waals surface area contributed by atoms with Crippen molar-refractivity contribution in [3.05, 3.63) is 24.3 Å². The molecule has 0 amide bonds. The van der Waals surface area contributed by atoms with Crippen molar-refractivity contribution in [1.29, 1.82) is 0 Å². The van der Waals surface area contributed by atoms with Crippen LogP contribution in [0.25, 0.3) is 10.8 Å². The molecule has 0 bridgehead atoms. The van der Waals surface area contributed by atoms with Gasteiger partial charge < -0.3 is 19.3 Å². The van der Waals surface area contributed by atoms with Gasteiger partial charge in [-0.2, -0.15) is 0 Å². The molecular weight excluding hydrogens is 358 g/mol. The summed E-state index contributed by atoms with van der Waals surface area (Å²) in [6, 6.07) is 4.82. The largest absolute Gasteiger partial charge is 1.00 e. The van der Waals surface area contributed by atoms with Gasteiger partial charge in [-0.1, -0.05) is 24.3 Å². The van der Waals surface area contributed by atoms with Crippen molar-refractivity contribution in [3.63, 3.8) is 0 Å². The molecule has 0 saturated carbocycles. The zero-order valence-corrected chi connectivity index (χ0v) is 17.1. The average Bonchev–Trinajstić information content (AvgIpc) is 2.30. The first-order valence-corrected chi connectivity index (χ1v) is 7.75. The number of aromatic hydroxyl groups is 2. The van der Waals surface area contributed by atoms with Gasteiger partial charge in [-0.25, -0.2) is 16.8 Å². The van der Waals surface area contributed by atoms with Crippen LogP contribution in [0.15, 0.2) is 34.1 Å². The maximum Gasteiger partial charge on any atom is 1.00 e. The first kappa shape index (κ1) is 22.1. The van der Waals surface area contributed by atoms with Crippen LogP contribution in [0.4, 0.5) is 0 Å². The molecule has 0 aliphatic heterocycles. The SMILES string of the molecule is O=S(=O)([O-])c1c(O)c(O)c2ccccc2c1S(=O)(=O)[O-].[Na+].[Na+]. The van der Waals surface area contributed by atoms with Gasteiger partial charge in [0.15, 0.2) is 11.5 Å². The van der Waals surface area contributed by atoms with Gasteiger partial charge in [0.2, 0.25) is 0 Å². The molecule has 0 fully saturated rings. The summed E-state index contributed by atoms with van der Waals surface area (Å²) in [4.78, 5) is -3.03. The minimum Gasteiger partial charge on any atom is -0.744 e. The number of hydrogen-bond donors (Lipinski definition) is 2. The Kier molecular flexibility index (Phi) is 7.38. The summed E-state index contributed by atoms with van der Waals surface area (Å²) in [6.07, 6.45) is 0. The maximum atomic E-state index is 11.2. The number of phenolic OH excluding ortho intramolecular Hbond substituents is 2. The molecule has 0 atom stereocenters. The smallest absolute Gasteiger partial charge is 0.744 e. The Bertz CT molecular complexity index is 922. The van der Waals surface area contributed by atoms with E-state index in [0.717, 1.165) is 12.1 Å². The molecule has 0 spiro atoms. The van der Waals surface area contributed by atoms with Crippen LogP contribution in [0.3, 0.4) is 0 Å². The number of fused-ring (bicyclic) bond motifs is 1. The van der Waals surface area contributed by atoms with Crippen molar-refractivity contribution in [1.82, 2.24) is 0 Å². The maximum absolute atomic E-state index is 11.2. The quantitative estimate of drug-likeness (QED) is 0.303. The molecule has 8 nitrogen and oxygen atoms in total. The Hall–Kier alpha value is 0.120. The van der Waals surface area contributed by atoms with Crippen molar-refractivity contribution in [2.24, 2.45) is 0 Å². The molecule has 0 aliphatic carbocycles. The van der Waals surface area contributed by atoms with E-state index in [1.807, 2.05) is 0 Å². The molecule has 108 valence electrons. The fraction of sp³-hybridized carbons (Fsp3) is 0. The van der Waals surface area contributed by atoms with Crippen LogP contribution in [-0.2, 0) is 20.2 Å². The van der Waals surface area contributed by atoms with E-state index in [1.54, 1.807) is 0 Å². The number of hydrogen-bond acceptors (Lipinski definition) is 8. The van der Waals surface area contributed by atoms with Crippen molar-refractivity contribution >= 4 is 31.0 Å². The predicted octanol–water partition coefficient (Wildman–Crippen LogP) is -5.93. The van der Waals surface area contributed by atoms with E-state index in [-0.39, 0.29) is 64.5 Å². The second kappa shape index (κ2) is 7.34. The van der Waals surface area contributed by atoms with Crippen LogP contribution in [0.5, 0.6) is 11.5 Å². The van der Waals surface area contributed by atoms with Gasteiger partial charge in [-0.15, -0.1) is 0 Å². The van der Waals surface area contributed by atoms with Gasteiger partial charge in [-0.05, 0) is 0 Å². The van der Waals surface area contributed by atoms with Crippen molar-refractivity contribution < 1.29 is 95.3 Å². The van der Waals surface area contributed by atoms with Gasteiger partial charge in [0.05, 0.1) is 4.90 Å². The monoisotopic (exact) mass is 364 g/mol. The van der Waals surface area contributed by atoms with E-state index in [2.05, 4.69) is 0 Å². The molecule has 22 heavy (non-hydrogen) atoms. The summed E-state index contributed by atoms with van der Waals surface area (Å²) in [5, 5.41) is 18.4. The average molecular weight is 364 g/mol. The molecule has 2 N–H and O–H groups in total. The third kappa shape index (κ3) is 3.96. The molecule has 0 heterocycles. The Balaban J connectivity index is 0.00000220. The van der Waals surface area contributed by atoms with E-state index >= 15 is 0 Å². The molecule has 12 heteroatoms. The minimum atomic E-state index is -5.50. The van der Waals surface area contributed by atoms with Crippen LogP contribution in [0.2, 0.25) is 0 Å². The molecule has 0 unspecified atom stereocenters. The van der Waals surface area contributed by atoms with E-state index in [9.17, 15) is 36.2 Å². The molecule has 2 aromatic carbocycles. The second-order valence-corrected chi connectivity index (χ2v) is 6.44. The molecule has 2 rings (SSSR count). The number of benzene rings is 2. The summed E-state index contributed by atoms with van der Waals surface area (Å²) < 4.78 is 66.9. The zero-order chi connectivity index (χ0) is 15.3. The summed E-state index contributed by atoms with van der Waals surface area (Å²) in [5.41, 5.74) is 0. The van der Waals surface area contributed by atoms with Crippen molar-refractivity contribution in [3.8, 4) is 11.5 Å². The first-order chi connectivity index (χ1) is 9.05. The minimum absolute atomic E-state index is 0.